The second-order valence-corrected chi connectivity index (χ2v) is 7.39. The van der Waals surface area contributed by atoms with E-state index >= 15 is 0 Å². The summed E-state index contributed by atoms with van der Waals surface area (Å²) in [5.74, 6) is 0.509. The van der Waals surface area contributed by atoms with Crippen LogP contribution in [0, 0.1) is 6.92 Å². The monoisotopic (exact) mass is 362 g/mol. The quantitative estimate of drug-likeness (QED) is 0.792. The first-order valence-electron chi connectivity index (χ1n) is 7.82. The van der Waals surface area contributed by atoms with Gasteiger partial charge in [0.2, 0.25) is 15.9 Å². The molecule has 0 aliphatic rings. The number of aryl methyl sites for hydroxylation is 1. The van der Waals surface area contributed by atoms with Crippen molar-refractivity contribution in [2.24, 2.45) is 0 Å². The van der Waals surface area contributed by atoms with Gasteiger partial charge >= 0.3 is 0 Å². The molecule has 2 rings (SSSR count). The molecule has 0 heterocycles. The zero-order chi connectivity index (χ0) is 18.4. The Morgan fingerprint density at radius 3 is 2.40 bits per heavy atom. The van der Waals surface area contributed by atoms with E-state index < -0.39 is 10.0 Å². The fraction of sp³-hybridized carbons (Fsp3) is 0.278. The summed E-state index contributed by atoms with van der Waals surface area (Å²) in [7, 11) is -2.06. The number of hydrogen-bond donors (Lipinski definition) is 2. The van der Waals surface area contributed by atoms with Crippen LogP contribution in [0.1, 0.15) is 18.1 Å². The summed E-state index contributed by atoms with van der Waals surface area (Å²) in [4.78, 5) is 11.3. The fourth-order valence-electron chi connectivity index (χ4n) is 2.37. The van der Waals surface area contributed by atoms with Crippen LogP contribution in [-0.4, -0.2) is 28.0 Å². The van der Waals surface area contributed by atoms with Gasteiger partial charge in [-0.15, -0.1) is 0 Å². The van der Waals surface area contributed by atoms with Crippen LogP contribution < -0.4 is 14.8 Å². The highest BCUT2D eigenvalue weighted by Crippen LogP contribution is 2.20. The maximum Gasteiger partial charge on any atom is 0.240 e. The van der Waals surface area contributed by atoms with Crippen LogP contribution in [0.15, 0.2) is 47.4 Å². The first-order chi connectivity index (χ1) is 11.8. The summed E-state index contributed by atoms with van der Waals surface area (Å²) in [6.45, 7) is 3.37. The van der Waals surface area contributed by atoms with Crippen molar-refractivity contribution < 1.29 is 17.9 Å². The minimum absolute atomic E-state index is 0.161. The van der Waals surface area contributed by atoms with Crippen molar-refractivity contribution in [1.82, 2.24) is 4.72 Å². The number of carbonyl (C=O) groups excluding carboxylic acids is 1. The van der Waals surface area contributed by atoms with E-state index in [1.54, 1.807) is 26.2 Å². The Labute approximate surface area is 148 Å². The van der Waals surface area contributed by atoms with E-state index in [0.717, 1.165) is 11.3 Å². The number of sulfonamides is 1. The van der Waals surface area contributed by atoms with Gasteiger partial charge in [-0.3, -0.25) is 4.79 Å². The lowest BCUT2D eigenvalue weighted by Crippen LogP contribution is -2.26. The molecule has 0 bridgehead atoms. The molecule has 7 heteroatoms. The molecule has 0 spiro atoms. The minimum Gasteiger partial charge on any atom is -0.497 e. The Morgan fingerprint density at radius 2 is 1.80 bits per heavy atom. The van der Waals surface area contributed by atoms with Gasteiger partial charge in [0.15, 0.2) is 0 Å². The maximum absolute atomic E-state index is 12.5. The molecule has 0 fully saturated rings. The van der Waals surface area contributed by atoms with Gasteiger partial charge < -0.3 is 10.1 Å². The molecule has 0 radical (unpaired) electrons. The van der Waals surface area contributed by atoms with Gasteiger partial charge in [0, 0.05) is 19.2 Å². The first-order valence-corrected chi connectivity index (χ1v) is 9.31. The molecule has 0 saturated carbocycles. The molecule has 0 aromatic heterocycles. The predicted octanol–water partition coefficient (Wildman–Crippen LogP) is 2.48. The molecule has 0 unspecified atom stereocenters. The highest BCUT2D eigenvalue weighted by molar-refractivity contribution is 7.89. The Balaban J connectivity index is 2.06. The lowest BCUT2D eigenvalue weighted by Gasteiger charge is -2.11. The van der Waals surface area contributed by atoms with E-state index in [-0.39, 0.29) is 17.3 Å². The summed E-state index contributed by atoms with van der Waals surface area (Å²) in [6.07, 6.45) is 0.563. The molecule has 0 saturated heterocycles. The smallest absolute Gasteiger partial charge is 0.240 e. The Hall–Kier alpha value is -2.38. The predicted molar refractivity (Wildman–Crippen MR) is 97.4 cm³/mol. The summed E-state index contributed by atoms with van der Waals surface area (Å²) in [5, 5.41) is 2.59. The molecule has 0 aliphatic heterocycles. The van der Waals surface area contributed by atoms with Gasteiger partial charge in [0.1, 0.15) is 5.75 Å². The second kappa shape index (κ2) is 8.13. The van der Waals surface area contributed by atoms with E-state index in [1.807, 2.05) is 24.3 Å². The normalized spacial score (nSPS) is 11.2. The summed E-state index contributed by atoms with van der Waals surface area (Å²) in [6, 6.07) is 12.3. The molecule has 6 nitrogen and oxygen atoms in total. The fourth-order valence-corrected chi connectivity index (χ4v) is 3.67. The average Bonchev–Trinajstić information content (AvgIpc) is 2.56. The van der Waals surface area contributed by atoms with Crippen molar-refractivity contribution in [2.45, 2.75) is 25.2 Å². The van der Waals surface area contributed by atoms with Gasteiger partial charge in [-0.2, -0.15) is 0 Å². The number of benzene rings is 2. The topological polar surface area (TPSA) is 84.5 Å². The van der Waals surface area contributed by atoms with Crippen LogP contribution >= 0.6 is 0 Å². The minimum atomic E-state index is -3.66. The number of rotatable bonds is 7. The van der Waals surface area contributed by atoms with Crippen LogP contribution in [0.25, 0.3) is 0 Å². The van der Waals surface area contributed by atoms with Crippen LogP contribution in [0.4, 0.5) is 5.69 Å². The number of ether oxygens (including phenoxy) is 1. The Bertz CT molecular complexity index is 846. The Kier molecular flexibility index (Phi) is 6.17. The third-order valence-electron chi connectivity index (χ3n) is 3.66. The molecule has 0 aliphatic carbocycles. The zero-order valence-corrected chi connectivity index (χ0v) is 15.3. The van der Waals surface area contributed by atoms with Gasteiger partial charge in [-0.05, 0) is 48.7 Å². The number of methoxy groups -OCH3 is 1. The van der Waals surface area contributed by atoms with Crippen molar-refractivity contribution in [2.75, 3.05) is 19.0 Å². The van der Waals surface area contributed by atoms with E-state index in [9.17, 15) is 13.2 Å². The molecule has 2 N–H and O–H groups in total. The van der Waals surface area contributed by atoms with Gasteiger partial charge in [-0.1, -0.05) is 18.2 Å². The molecule has 2 aromatic rings. The van der Waals surface area contributed by atoms with E-state index in [2.05, 4.69) is 10.0 Å². The van der Waals surface area contributed by atoms with Crippen LogP contribution in [0.2, 0.25) is 0 Å². The van der Waals surface area contributed by atoms with Crippen LogP contribution in [-0.2, 0) is 21.2 Å². The second-order valence-electron chi connectivity index (χ2n) is 5.66. The number of amides is 1. The highest BCUT2D eigenvalue weighted by atomic mass is 32.2. The number of hydrogen-bond acceptors (Lipinski definition) is 4. The molecule has 1 amide bonds. The average molecular weight is 362 g/mol. The molecule has 0 atom stereocenters. The van der Waals surface area contributed by atoms with Crippen molar-refractivity contribution in [3.8, 4) is 5.75 Å². The SMILES string of the molecule is COc1ccc(CCNS(=O)(=O)c2cc(NC(C)=O)ccc2C)cc1. The molecule has 25 heavy (non-hydrogen) atoms. The number of nitrogens with one attached hydrogen (secondary N) is 2. The van der Waals surface area contributed by atoms with E-state index in [4.69, 9.17) is 4.74 Å². The number of carbonyl (C=O) groups is 1. The maximum atomic E-state index is 12.5. The van der Waals surface area contributed by atoms with Crippen molar-refractivity contribution in [1.29, 1.82) is 0 Å². The standard InChI is InChI=1S/C18H22N2O4S/c1-13-4-7-16(20-14(2)21)12-18(13)25(22,23)19-11-10-15-5-8-17(24-3)9-6-15/h4-9,12,19H,10-11H2,1-3H3,(H,20,21). The molecule has 2 aromatic carbocycles. The molecule has 134 valence electrons. The zero-order valence-electron chi connectivity index (χ0n) is 14.5. The molecular formula is C18H22N2O4S. The van der Waals surface area contributed by atoms with Crippen LogP contribution in [0.3, 0.4) is 0 Å². The van der Waals surface area contributed by atoms with E-state index in [0.29, 0.717) is 17.7 Å². The lowest BCUT2D eigenvalue weighted by atomic mass is 10.1. The summed E-state index contributed by atoms with van der Waals surface area (Å²) < 4.78 is 32.8. The lowest BCUT2D eigenvalue weighted by molar-refractivity contribution is -0.114. The Morgan fingerprint density at radius 1 is 1.12 bits per heavy atom. The van der Waals surface area contributed by atoms with Crippen molar-refractivity contribution in [3.05, 3.63) is 53.6 Å². The van der Waals surface area contributed by atoms with Crippen molar-refractivity contribution >= 4 is 21.6 Å². The summed E-state index contributed by atoms with van der Waals surface area (Å²) in [5.41, 5.74) is 2.08. The third kappa shape index (κ3) is 5.30. The van der Waals surface area contributed by atoms with Gasteiger partial charge in [-0.25, -0.2) is 13.1 Å². The molecular weight excluding hydrogens is 340 g/mol. The van der Waals surface area contributed by atoms with Crippen LogP contribution in [0.5, 0.6) is 5.75 Å². The highest BCUT2D eigenvalue weighted by Gasteiger charge is 2.17. The third-order valence-corrected chi connectivity index (χ3v) is 5.27. The van der Waals surface area contributed by atoms with Gasteiger partial charge in [0.05, 0.1) is 12.0 Å². The van der Waals surface area contributed by atoms with Gasteiger partial charge in [0.25, 0.3) is 0 Å². The van der Waals surface area contributed by atoms with Crippen molar-refractivity contribution in [3.63, 3.8) is 0 Å². The number of anilines is 1. The first kappa shape index (κ1) is 19.0. The summed E-state index contributed by atoms with van der Waals surface area (Å²) >= 11 is 0. The largest absolute Gasteiger partial charge is 0.497 e. The van der Waals surface area contributed by atoms with E-state index in [1.165, 1.54) is 13.0 Å².